The molecule has 0 bridgehead atoms. The first-order chi connectivity index (χ1) is 11.9. The van der Waals surface area contributed by atoms with E-state index in [0.29, 0.717) is 11.3 Å². The maximum atomic E-state index is 14.3. The minimum atomic E-state index is -0.570. The molecular formula is C17H15F2N5O. The van der Waals surface area contributed by atoms with E-state index in [1.807, 2.05) is 6.92 Å². The van der Waals surface area contributed by atoms with Gasteiger partial charge in [0.05, 0.1) is 18.1 Å². The van der Waals surface area contributed by atoms with E-state index < -0.39 is 17.5 Å². The number of pyridine rings is 2. The van der Waals surface area contributed by atoms with Crippen molar-refractivity contribution in [3.63, 3.8) is 0 Å². The average Bonchev–Trinajstić information content (AvgIpc) is 2.83. The number of amides is 1. The highest BCUT2D eigenvalue weighted by Crippen LogP contribution is 2.29. The Hall–Kier alpha value is -3.16. The number of rotatable bonds is 3. The van der Waals surface area contributed by atoms with Crippen molar-refractivity contribution in [2.24, 2.45) is 7.05 Å². The second-order valence-corrected chi connectivity index (χ2v) is 5.53. The van der Waals surface area contributed by atoms with Crippen molar-refractivity contribution >= 4 is 11.7 Å². The Morgan fingerprint density at radius 2 is 1.92 bits per heavy atom. The van der Waals surface area contributed by atoms with Crippen molar-refractivity contribution < 1.29 is 13.6 Å². The molecule has 3 aromatic rings. The Morgan fingerprint density at radius 1 is 1.16 bits per heavy atom. The highest BCUT2D eigenvalue weighted by Gasteiger charge is 2.19. The second kappa shape index (κ2) is 6.39. The van der Waals surface area contributed by atoms with Gasteiger partial charge in [-0.1, -0.05) is 0 Å². The van der Waals surface area contributed by atoms with Crippen LogP contribution in [0.25, 0.3) is 11.1 Å². The molecule has 0 radical (unpaired) electrons. The maximum absolute atomic E-state index is 14.3. The van der Waals surface area contributed by atoms with Crippen LogP contribution in [0, 0.1) is 25.5 Å². The molecule has 0 spiro atoms. The molecule has 6 nitrogen and oxygen atoms in total. The number of anilines is 1. The molecule has 1 amide bonds. The van der Waals surface area contributed by atoms with Gasteiger partial charge < -0.3 is 5.32 Å². The number of hydrogen-bond donors (Lipinski definition) is 1. The van der Waals surface area contributed by atoms with Crippen LogP contribution in [0.1, 0.15) is 21.9 Å². The molecule has 3 heterocycles. The Bertz CT molecular complexity index is 950. The van der Waals surface area contributed by atoms with E-state index in [4.69, 9.17) is 0 Å². The number of aryl methyl sites for hydroxylation is 2. The van der Waals surface area contributed by atoms with Crippen LogP contribution in [0.2, 0.25) is 0 Å². The summed E-state index contributed by atoms with van der Waals surface area (Å²) in [5.74, 6) is -1.45. The van der Waals surface area contributed by atoms with Gasteiger partial charge in [0.2, 0.25) is 0 Å². The molecule has 0 unspecified atom stereocenters. The topological polar surface area (TPSA) is 72.7 Å². The van der Waals surface area contributed by atoms with E-state index in [2.05, 4.69) is 20.4 Å². The number of halogens is 2. The predicted octanol–water partition coefficient (Wildman–Crippen LogP) is 3.02. The molecular weight excluding hydrogens is 328 g/mol. The van der Waals surface area contributed by atoms with Crippen molar-refractivity contribution in [1.29, 1.82) is 0 Å². The van der Waals surface area contributed by atoms with Crippen LogP contribution >= 0.6 is 0 Å². The smallest absolute Gasteiger partial charge is 0.275 e. The summed E-state index contributed by atoms with van der Waals surface area (Å²) in [6, 6.07) is 3.87. The van der Waals surface area contributed by atoms with E-state index in [1.54, 1.807) is 18.7 Å². The molecule has 0 aliphatic carbocycles. The summed E-state index contributed by atoms with van der Waals surface area (Å²) >= 11 is 0. The van der Waals surface area contributed by atoms with Gasteiger partial charge in [-0.3, -0.25) is 9.48 Å². The molecule has 128 valence electrons. The molecule has 0 aliphatic rings. The fourth-order valence-electron chi connectivity index (χ4n) is 2.55. The van der Waals surface area contributed by atoms with E-state index in [9.17, 15) is 13.6 Å². The van der Waals surface area contributed by atoms with Crippen LogP contribution in [0.5, 0.6) is 0 Å². The zero-order valence-electron chi connectivity index (χ0n) is 13.8. The minimum absolute atomic E-state index is 0.0187. The number of nitrogens with zero attached hydrogens (tertiary/aromatic N) is 4. The van der Waals surface area contributed by atoms with Crippen molar-refractivity contribution in [1.82, 2.24) is 19.7 Å². The van der Waals surface area contributed by atoms with Crippen LogP contribution in [-0.4, -0.2) is 25.7 Å². The molecule has 8 heteroatoms. The summed E-state index contributed by atoms with van der Waals surface area (Å²) in [6.45, 7) is 3.59. The van der Waals surface area contributed by atoms with E-state index in [-0.39, 0.29) is 17.1 Å². The number of hydrogen-bond acceptors (Lipinski definition) is 4. The first-order valence-corrected chi connectivity index (χ1v) is 7.46. The lowest BCUT2D eigenvalue weighted by Crippen LogP contribution is -2.15. The first-order valence-electron chi connectivity index (χ1n) is 7.46. The highest BCUT2D eigenvalue weighted by molar-refractivity contribution is 6.03. The van der Waals surface area contributed by atoms with Gasteiger partial charge in [0.25, 0.3) is 5.91 Å². The van der Waals surface area contributed by atoms with Gasteiger partial charge in [-0.15, -0.1) is 0 Å². The molecule has 3 aromatic heterocycles. The van der Waals surface area contributed by atoms with Crippen LogP contribution in [0.4, 0.5) is 14.6 Å². The fourth-order valence-corrected chi connectivity index (χ4v) is 2.55. The standard InChI is InChI=1S/C17H15F2N5O/c1-9-16(10(2)24(3)23-9)12-6-14(20-8-13(12)19)17(25)22-15-5-4-11(18)7-21-15/h4-8H,1-3H3,(H,21,22,25). The summed E-state index contributed by atoms with van der Waals surface area (Å²) in [4.78, 5) is 19.9. The van der Waals surface area contributed by atoms with Crippen LogP contribution in [0.15, 0.2) is 30.6 Å². The van der Waals surface area contributed by atoms with Crippen LogP contribution in [0.3, 0.4) is 0 Å². The molecule has 1 N–H and O–H groups in total. The third kappa shape index (κ3) is 3.23. The monoisotopic (exact) mass is 343 g/mol. The van der Waals surface area contributed by atoms with Crippen molar-refractivity contribution in [2.75, 3.05) is 5.32 Å². The lowest BCUT2D eigenvalue weighted by Gasteiger charge is -2.08. The zero-order chi connectivity index (χ0) is 18.1. The molecule has 0 aromatic carbocycles. The molecule has 0 atom stereocenters. The van der Waals surface area contributed by atoms with Gasteiger partial charge in [0.1, 0.15) is 23.1 Å². The van der Waals surface area contributed by atoms with Gasteiger partial charge in [0, 0.05) is 23.9 Å². The van der Waals surface area contributed by atoms with Crippen molar-refractivity contribution in [2.45, 2.75) is 13.8 Å². The van der Waals surface area contributed by atoms with Gasteiger partial charge >= 0.3 is 0 Å². The lowest BCUT2D eigenvalue weighted by atomic mass is 10.0. The first kappa shape index (κ1) is 16.7. The van der Waals surface area contributed by atoms with Crippen LogP contribution < -0.4 is 5.32 Å². The second-order valence-electron chi connectivity index (χ2n) is 5.53. The van der Waals surface area contributed by atoms with Crippen LogP contribution in [-0.2, 0) is 7.05 Å². The van der Waals surface area contributed by atoms with Crippen molar-refractivity contribution in [3.8, 4) is 11.1 Å². The minimum Gasteiger partial charge on any atom is -0.305 e. The summed E-state index contributed by atoms with van der Waals surface area (Å²) < 4.78 is 28.8. The average molecular weight is 343 g/mol. The number of carbonyl (C=O) groups is 1. The Balaban J connectivity index is 1.96. The van der Waals surface area contributed by atoms with Gasteiger partial charge in [-0.05, 0) is 32.0 Å². The third-order valence-electron chi connectivity index (χ3n) is 3.84. The zero-order valence-corrected chi connectivity index (χ0v) is 13.8. The Morgan fingerprint density at radius 3 is 2.52 bits per heavy atom. The maximum Gasteiger partial charge on any atom is 0.275 e. The van der Waals surface area contributed by atoms with E-state index in [0.717, 1.165) is 18.1 Å². The number of nitrogens with one attached hydrogen (secondary N) is 1. The van der Waals surface area contributed by atoms with Gasteiger partial charge in [-0.2, -0.15) is 5.10 Å². The van der Waals surface area contributed by atoms with E-state index in [1.165, 1.54) is 18.2 Å². The molecule has 0 fully saturated rings. The molecule has 25 heavy (non-hydrogen) atoms. The molecule has 0 saturated carbocycles. The Labute approximate surface area is 142 Å². The number of aromatic nitrogens is 4. The summed E-state index contributed by atoms with van der Waals surface area (Å²) in [6.07, 6.45) is 1.98. The quantitative estimate of drug-likeness (QED) is 0.793. The SMILES string of the molecule is Cc1nn(C)c(C)c1-c1cc(C(=O)Nc2ccc(F)cn2)ncc1F. The predicted molar refractivity (Wildman–Crippen MR) is 88.0 cm³/mol. The third-order valence-corrected chi connectivity index (χ3v) is 3.84. The summed E-state index contributed by atoms with van der Waals surface area (Å²) in [7, 11) is 1.76. The number of carbonyl (C=O) groups excluding carboxylic acids is 1. The molecule has 0 saturated heterocycles. The molecule has 0 aliphatic heterocycles. The van der Waals surface area contributed by atoms with Gasteiger partial charge in [-0.25, -0.2) is 18.7 Å². The lowest BCUT2D eigenvalue weighted by molar-refractivity contribution is 0.102. The fraction of sp³-hybridized carbons (Fsp3) is 0.176. The van der Waals surface area contributed by atoms with E-state index >= 15 is 0 Å². The normalized spacial score (nSPS) is 10.8. The van der Waals surface area contributed by atoms with Gasteiger partial charge in [0.15, 0.2) is 0 Å². The van der Waals surface area contributed by atoms with Crippen molar-refractivity contribution in [3.05, 3.63) is 59.3 Å². The highest BCUT2D eigenvalue weighted by atomic mass is 19.1. The summed E-state index contributed by atoms with van der Waals surface area (Å²) in [5, 5.41) is 6.76. The Kier molecular flexibility index (Phi) is 4.26. The molecule has 3 rings (SSSR count). The summed E-state index contributed by atoms with van der Waals surface area (Å²) in [5.41, 5.74) is 2.31. The largest absolute Gasteiger partial charge is 0.305 e.